The van der Waals surface area contributed by atoms with Crippen LogP contribution in [0.25, 0.3) is 0 Å². The molecule has 1 aliphatic carbocycles. The van der Waals surface area contributed by atoms with Gasteiger partial charge in [-0.3, -0.25) is 0 Å². The van der Waals surface area contributed by atoms with Crippen LogP contribution >= 0.6 is 0 Å². The first-order chi connectivity index (χ1) is 9.10. The molecule has 0 aromatic heterocycles. The summed E-state index contributed by atoms with van der Waals surface area (Å²) >= 11 is 0. The van der Waals surface area contributed by atoms with Crippen LogP contribution in [0.3, 0.4) is 0 Å². The number of methoxy groups -OCH3 is 2. The van der Waals surface area contributed by atoms with Crippen LogP contribution in [-0.2, 0) is 0 Å². The van der Waals surface area contributed by atoms with Crippen LogP contribution < -0.4 is 20.5 Å². The van der Waals surface area contributed by atoms with Crippen LogP contribution in [0.1, 0.15) is 30.0 Å². The summed E-state index contributed by atoms with van der Waals surface area (Å²) in [5.74, 6) is 2.17. The summed E-state index contributed by atoms with van der Waals surface area (Å²) in [5.41, 5.74) is 8.40. The van der Waals surface area contributed by atoms with Crippen molar-refractivity contribution in [2.75, 3.05) is 21.3 Å². The highest BCUT2D eigenvalue weighted by atomic mass is 16.5. The number of aryl methyl sites for hydroxylation is 1. The van der Waals surface area contributed by atoms with E-state index in [2.05, 4.69) is 18.3 Å². The van der Waals surface area contributed by atoms with Gasteiger partial charge in [-0.1, -0.05) is 0 Å². The summed E-state index contributed by atoms with van der Waals surface area (Å²) in [7, 11) is 5.34. The Bertz CT molecular complexity index is 442. The highest BCUT2D eigenvalue weighted by Crippen LogP contribution is 2.41. The second-order valence-corrected chi connectivity index (χ2v) is 5.32. The average molecular weight is 264 g/mol. The Morgan fingerprint density at radius 2 is 1.79 bits per heavy atom. The molecule has 1 aromatic rings. The molecule has 106 valence electrons. The SMILES string of the molecule is CNC(c1cc(OC)c(OC)cc1C)C1CC(N)C1. The van der Waals surface area contributed by atoms with Gasteiger partial charge in [-0.2, -0.15) is 0 Å². The molecule has 1 fully saturated rings. The van der Waals surface area contributed by atoms with Crippen LogP contribution in [0, 0.1) is 12.8 Å². The second-order valence-electron chi connectivity index (χ2n) is 5.32. The van der Waals surface area contributed by atoms with Gasteiger partial charge in [-0.05, 0) is 56.0 Å². The standard InChI is InChI=1S/C15H24N2O2/c1-9-5-13(18-3)14(19-4)8-12(9)15(17-2)10-6-11(16)7-10/h5,8,10-11,15,17H,6-7,16H2,1-4H3. The molecule has 1 unspecified atom stereocenters. The minimum Gasteiger partial charge on any atom is -0.493 e. The molecule has 1 saturated carbocycles. The molecule has 0 heterocycles. The highest BCUT2D eigenvalue weighted by molar-refractivity contribution is 5.48. The van der Waals surface area contributed by atoms with Crippen LogP contribution in [0.2, 0.25) is 0 Å². The van der Waals surface area contributed by atoms with E-state index in [1.807, 2.05) is 13.1 Å². The first-order valence-corrected chi connectivity index (χ1v) is 6.76. The lowest BCUT2D eigenvalue weighted by molar-refractivity contribution is 0.203. The number of benzene rings is 1. The fourth-order valence-electron chi connectivity index (χ4n) is 2.96. The van der Waals surface area contributed by atoms with Crippen molar-refractivity contribution in [3.8, 4) is 11.5 Å². The molecular formula is C15H24N2O2. The summed E-state index contributed by atoms with van der Waals surface area (Å²) in [5, 5.41) is 3.42. The van der Waals surface area contributed by atoms with E-state index in [1.165, 1.54) is 11.1 Å². The van der Waals surface area contributed by atoms with Crippen LogP contribution in [-0.4, -0.2) is 27.3 Å². The smallest absolute Gasteiger partial charge is 0.161 e. The first-order valence-electron chi connectivity index (χ1n) is 6.76. The van der Waals surface area contributed by atoms with Crippen molar-refractivity contribution in [2.45, 2.75) is 31.8 Å². The lowest BCUT2D eigenvalue weighted by atomic mass is 9.73. The Kier molecular flexibility index (Phi) is 4.32. The van der Waals surface area contributed by atoms with E-state index < -0.39 is 0 Å². The monoisotopic (exact) mass is 264 g/mol. The minimum atomic E-state index is 0.333. The summed E-state index contributed by atoms with van der Waals surface area (Å²) in [6.45, 7) is 2.11. The molecule has 0 radical (unpaired) electrons. The zero-order valence-corrected chi connectivity index (χ0v) is 12.2. The maximum Gasteiger partial charge on any atom is 0.161 e. The molecule has 0 aliphatic heterocycles. The number of hydrogen-bond donors (Lipinski definition) is 2. The van der Waals surface area contributed by atoms with Gasteiger partial charge in [0.2, 0.25) is 0 Å². The number of nitrogens with one attached hydrogen (secondary N) is 1. The fourth-order valence-corrected chi connectivity index (χ4v) is 2.96. The molecular weight excluding hydrogens is 240 g/mol. The Morgan fingerprint density at radius 1 is 1.21 bits per heavy atom. The van der Waals surface area contributed by atoms with Gasteiger partial charge < -0.3 is 20.5 Å². The number of rotatable bonds is 5. The van der Waals surface area contributed by atoms with E-state index in [9.17, 15) is 0 Å². The van der Waals surface area contributed by atoms with Gasteiger partial charge in [0, 0.05) is 12.1 Å². The minimum absolute atomic E-state index is 0.333. The maximum absolute atomic E-state index is 5.91. The van der Waals surface area contributed by atoms with Crippen molar-refractivity contribution >= 4 is 0 Å². The maximum atomic E-state index is 5.91. The molecule has 3 N–H and O–H groups in total. The van der Waals surface area contributed by atoms with Crippen LogP contribution in [0.4, 0.5) is 0 Å². The molecule has 1 atom stereocenters. The molecule has 1 aliphatic rings. The van der Waals surface area contributed by atoms with E-state index in [1.54, 1.807) is 14.2 Å². The largest absolute Gasteiger partial charge is 0.493 e. The fraction of sp³-hybridized carbons (Fsp3) is 0.600. The van der Waals surface area contributed by atoms with Crippen molar-refractivity contribution < 1.29 is 9.47 Å². The van der Waals surface area contributed by atoms with Gasteiger partial charge >= 0.3 is 0 Å². The molecule has 19 heavy (non-hydrogen) atoms. The van der Waals surface area contributed by atoms with Crippen LogP contribution in [0.5, 0.6) is 11.5 Å². The Balaban J connectivity index is 2.31. The lowest BCUT2D eigenvalue weighted by Crippen LogP contribution is -2.42. The topological polar surface area (TPSA) is 56.5 Å². The molecule has 0 spiro atoms. The van der Waals surface area contributed by atoms with Gasteiger partial charge in [0.15, 0.2) is 11.5 Å². The zero-order chi connectivity index (χ0) is 14.0. The average Bonchev–Trinajstić information content (AvgIpc) is 2.38. The van der Waals surface area contributed by atoms with Crippen molar-refractivity contribution in [1.82, 2.24) is 5.32 Å². The first kappa shape index (κ1) is 14.2. The number of nitrogens with two attached hydrogens (primary N) is 1. The Labute approximate surface area is 115 Å². The van der Waals surface area contributed by atoms with Gasteiger partial charge in [-0.25, -0.2) is 0 Å². The Hall–Kier alpha value is -1.26. The molecule has 0 saturated heterocycles. The summed E-state index contributed by atoms with van der Waals surface area (Å²) in [4.78, 5) is 0. The molecule has 0 bridgehead atoms. The quantitative estimate of drug-likeness (QED) is 0.854. The van der Waals surface area contributed by atoms with Gasteiger partial charge in [-0.15, -0.1) is 0 Å². The van der Waals surface area contributed by atoms with E-state index >= 15 is 0 Å². The van der Waals surface area contributed by atoms with Gasteiger partial charge in [0.1, 0.15) is 0 Å². The number of ether oxygens (including phenoxy) is 2. The van der Waals surface area contributed by atoms with E-state index in [0.29, 0.717) is 18.0 Å². The second kappa shape index (κ2) is 5.80. The molecule has 1 aromatic carbocycles. The zero-order valence-electron chi connectivity index (χ0n) is 12.2. The van der Waals surface area contributed by atoms with Crippen molar-refractivity contribution in [1.29, 1.82) is 0 Å². The van der Waals surface area contributed by atoms with Crippen LogP contribution in [0.15, 0.2) is 12.1 Å². The summed E-state index contributed by atoms with van der Waals surface area (Å²) < 4.78 is 10.7. The Morgan fingerprint density at radius 3 is 2.26 bits per heavy atom. The predicted molar refractivity (Wildman–Crippen MR) is 76.8 cm³/mol. The number of hydrogen-bond acceptors (Lipinski definition) is 4. The van der Waals surface area contributed by atoms with E-state index in [-0.39, 0.29) is 0 Å². The summed E-state index contributed by atoms with van der Waals surface area (Å²) in [6, 6.07) is 4.82. The van der Waals surface area contributed by atoms with Gasteiger partial charge in [0.25, 0.3) is 0 Å². The third-order valence-electron chi connectivity index (χ3n) is 4.10. The molecule has 4 nitrogen and oxygen atoms in total. The van der Waals surface area contributed by atoms with Crippen molar-refractivity contribution in [2.24, 2.45) is 11.7 Å². The highest BCUT2D eigenvalue weighted by Gasteiger charge is 2.34. The molecule has 4 heteroatoms. The van der Waals surface area contributed by atoms with Crippen molar-refractivity contribution in [3.63, 3.8) is 0 Å². The normalized spacial score (nSPS) is 23.6. The molecule has 2 rings (SSSR count). The molecule has 0 amide bonds. The van der Waals surface area contributed by atoms with Crippen molar-refractivity contribution in [3.05, 3.63) is 23.3 Å². The third-order valence-corrected chi connectivity index (χ3v) is 4.10. The van der Waals surface area contributed by atoms with E-state index in [0.717, 1.165) is 24.3 Å². The summed E-state index contributed by atoms with van der Waals surface area (Å²) in [6.07, 6.45) is 2.17. The third kappa shape index (κ3) is 2.69. The predicted octanol–water partition coefficient (Wildman–Crippen LogP) is 2.01. The van der Waals surface area contributed by atoms with E-state index in [4.69, 9.17) is 15.2 Å². The lowest BCUT2D eigenvalue weighted by Gasteiger charge is -2.39. The van der Waals surface area contributed by atoms with Gasteiger partial charge in [0.05, 0.1) is 14.2 Å².